The predicted octanol–water partition coefficient (Wildman–Crippen LogP) is 4.66. The van der Waals surface area contributed by atoms with Gasteiger partial charge in [0.2, 0.25) is 0 Å². The number of rotatable bonds is 5. The minimum Gasteiger partial charge on any atom is -0.494 e. The first kappa shape index (κ1) is 20.9. The second-order valence-corrected chi connectivity index (χ2v) is 7.66. The van der Waals surface area contributed by atoms with Gasteiger partial charge in [0, 0.05) is 34.1 Å². The Bertz CT molecular complexity index is 1200. The molecule has 4 rings (SSSR count). The van der Waals surface area contributed by atoms with Crippen LogP contribution in [0.3, 0.4) is 0 Å². The quantitative estimate of drug-likeness (QED) is 0.631. The highest BCUT2D eigenvalue weighted by Crippen LogP contribution is 2.25. The number of ketones is 1. The van der Waals surface area contributed by atoms with Gasteiger partial charge in [0.1, 0.15) is 11.3 Å². The molecule has 0 bridgehead atoms. The van der Waals surface area contributed by atoms with Crippen LogP contribution in [0.15, 0.2) is 59.4 Å². The molecule has 1 amide bonds. The molecule has 0 fully saturated rings. The van der Waals surface area contributed by atoms with Crippen LogP contribution in [0.25, 0.3) is 5.69 Å². The molecule has 1 aliphatic carbocycles. The van der Waals surface area contributed by atoms with E-state index in [0.29, 0.717) is 59.3 Å². The van der Waals surface area contributed by atoms with Gasteiger partial charge in [-0.25, -0.2) is 0 Å². The van der Waals surface area contributed by atoms with Crippen molar-refractivity contribution in [1.82, 2.24) is 4.57 Å². The van der Waals surface area contributed by atoms with Crippen LogP contribution in [0.1, 0.15) is 46.2 Å². The highest BCUT2D eigenvalue weighted by atomic mass is 35.5. The van der Waals surface area contributed by atoms with Gasteiger partial charge in [0.25, 0.3) is 11.5 Å². The first-order chi connectivity index (χ1) is 15.0. The predicted molar refractivity (Wildman–Crippen MR) is 120 cm³/mol. The lowest BCUT2D eigenvalue weighted by molar-refractivity contribution is 0.0971. The molecule has 0 saturated carbocycles. The maximum atomic E-state index is 13.3. The van der Waals surface area contributed by atoms with Gasteiger partial charge in [-0.3, -0.25) is 19.0 Å². The number of fused-ring (bicyclic) bond motifs is 1. The van der Waals surface area contributed by atoms with Crippen LogP contribution < -0.4 is 15.6 Å². The molecule has 158 valence electrons. The Balaban J connectivity index is 1.77. The highest BCUT2D eigenvalue weighted by molar-refractivity contribution is 6.30. The first-order valence-electron chi connectivity index (χ1n) is 10.1. The molecule has 7 heteroatoms. The Hall–Kier alpha value is -3.38. The molecule has 0 atom stereocenters. The van der Waals surface area contributed by atoms with Gasteiger partial charge in [-0.05, 0) is 74.4 Å². The summed E-state index contributed by atoms with van der Waals surface area (Å²) in [6.45, 7) is 2.43. The molecule has 1 N–H and O–H groups in total. The lowest BCUT2D eigenvalue weighted by Crippen LogP contribution is -2.33. The first-order valence-corrected chi connectivity index (χ1v) is 10.5. The fourth-order valence-corrected chi connectivity index (χ4v) is 3.84. The summed E-state index contributed by atoms with van der Waals surface area (Å²) in [7, 11) is 0. The average molecular weight is 437 g/mol. The van der Waals surface area contributed by atoms with E-state index in [1.165, 1.54) is 10.6 Å². The van der Waals surface area contributed by atoms with Crippen LogP contribution in [0.4, 0.5) is 5.69 Å². The molecule has 3 aromatic rings. The van der Waals surface area contributed by atoms with E-state index >= 15 is 0 Å². The number of nitrogens with zero attached hydrogens (tertiary/aromatic N) is 1. The second-order valence-electron chi connectivity index (χ2n) is 7.22. The number of anilines is 1. The summed E-state index contributed by atoms with van der Waals surface area (Å²) < 4.78 is 6.86. The van der Waals surface area contributed by atoms with Gasteiger partial charge in [-0.1, -0.05) is 11.6 Å². The summed E-state index contributed by atoms with van der Waals surface area (Å²) >= 11 is 5.99. The topological polar surface area (TPSA) is 77.4 Å². The smallest absolute Gasteiger partial charge is 0.268 e. The van der Waals surface area contributed by atoms with Crippen molar-refractivity contribution in [3.8, 4) is 11.4 Å². The molecule has 0 spiro atoms. The molecule has 2 aromatic carbocycles. The van der Waals surface area contributed by atoms with Crippen molar-refractivity contribution in [2.75, 3.05) is 11.9 Å². The molecular weight excluding hydrogens is 416 g/mol. The molecule has 6 nitrogen and oxygen atoms in total. The Morgan fingerprint density at radius 3 is 2.45 bits per heavy atom. The number of hydrogen-bond donors (Lipinski definition) is 1. The number of halogens is 1. The number of Topliss-reactive ketones (excluding diaryl/α,β-unsaturated/α-hetero) is 1. The summed E-state index contributed by atoms with van der Waals surface area (Å²) in [5, 5.41) is 3.27. The van der Waals surface area contributed by atoms with Crippen molar-refractivity contribution < 1.29 is 14.3 Å². The van der Waals surface area contributed by atoms with E-state index in [0.717, 1.165) is 0 Å². The fraction of sp³-hybridized carbons (Fsp3) is 0.208. The van der Waals surface area contributed by atoms with E-state index in [1.54, 1.807) is 48.5 Å². The SMILES string of the molecule is CCOc1ccc(NC(=O)c2cc3c(n(-c4ccc(Cl)cc4)c2=O)CCCC3=O)cc1. The fourth-order valence-electron chi connectivity index (χ4n) is 3.72. The van der Waals surface area contributed by atoms with Crippen LogP contribution in [0.5, 0.6) is 5.75 Å². The lowest BCUT2D eigenvalue weighted by Gasteiger charge is -2.21. The number of nitrogens with one attached hydrogen (secondary N) is 1. The highest BCUT2D eigenvalue weighted by Gasteiger charge is 2.26. The van der Waals surface area contributed by atoms with Crippen molar-refractivity contribution in [3.63, 3.8) is 0 Å². The van der Waals surface area contributed by atoms with Gasteiger partial charge in [-0.15, -0.1) is 0 Å². The van der Waals surface area contributed by atoms with Gasteiger partial charge >= 0.3 is 0 Å². The summed E-state index contributed by atoms with van der Waals surface area (Å²) in [6, 6.07) is 15.1. The number of carbonyl (C=O) groups is 2. The third kappa shape index (κ3) is 4.25. The summed E-state index contributed by atoms with van der Waals surface area (Å²) in [4.78, 5) is 38.9. The van der Waals surface area contributed by atoms with Crippen LogP contribution in [-0.2, 0) is 6.42 Å². The Kier molecular flexibility index (Phi) is 5.91. The van der Waals surface area contributed by atoms with E-state index in [-0.39, 0.29) is 11.3 Å². The maximum Gasteiger partial charge on any atom is 0.268 e. The maximum absolute atomic E-state index is 13.3. The largest absolute Gasteiger partial charge is 0.494 e. The number of ether oxygens (including phenoxy) is 1. The molecule has 0 aliphatic heterocycles. The molecule has 31 heavy (non-hydrogen) atoms. The molecule has 1 heterocycles. The van der Waals surface area contributed by atoms with E-state index in [2.05, 4.69) is 5.32 Å². The van der Waals surface area contributed by atoms with Crippen LogP contribution in [0, 0.1) is 0 Å². The second kappa shape index (κ2) is 8.78. The number of pyridine rings is 1. The molecule has 0 unspecified atom stereocenters. The zero-order valence-corrected chi connectivity index (χ0v) is 17.7. The third-order valence-electron chi connectivity index (χ3n) is 5.17. The van der Waals surface area contributed by atoms with Crippen molar-refractivity contribution in [1.29, 1.82) is 0 Å². The number of carbonyl (C=O) groups excluding carboxylic acids is 2. The number of amides is 1. The summed E-state index contributed by atoms with van der Waals surface area (Å²) in [6.07, 6.45) is 1.64. The van der Waals surface area contributed by atoms with Crippen molar-refractivity contribution in [3.05, 3.63) is 86.8 Å². The van der Waals surface area contributed by atoms with Gasteiger partial charge in [0.05, 0.1) is 6.61 Å². The molecular formula is C24H21ClN2O4. The zero-order valence-electron chi connectivity index (χ0n) is 17.0. The number of benzene rings is 2. The van der Waals surface area contributed by atoms with Crippen molar-refractivity contribution >= 4 is 29.0 Å². The minimum absolute atomic E-state index is 0.0703. The third-order valence-corrected chi connectivity index (χ3v) is 5.43. The van der Waals surface area contributed by atoms with Crippen molar-refractivity contribution in [2.45, 2.75) is 26.2 Å². The van der Waals surface area contributed by atoms with Gasteiger partial charge < -0.3 is 10.1 Å². The van der Waals surface area contributed by atoms with E-state index in [4.69, 9.17) is 16.3 Å². The van der Waals surface area contributed by atoms with E-state index in [9.17, 15) is 14.4 Å². The molecule has 1 aromatic heterocycles. The Morgan fingerprint density at radius 2 is 1.77 bits per heavy atom. The summed E-state index contributed by atoms with van der Waals surface area (Å²) in [5.74, 6) is 0.0436. The molecule has 1 aliphatic rings. The van der Waals surface area contributed by atoms with Crippen LogP contribution >= 0.6 is 11.6 Å². The Morgan fingerprint density at radius 1 is 1.06 bits per heavy atom. The standard InChI is InChI=1S/C24H21ClN2O4/c1-2-31-18-12-8-16(9-13-18)26-23(29)20-14-19-21(4-3-5-22(19)28)27(24(20)30)17-10-6-15(25)7-11-17/h6-14H,2-5H2,1H3,(H,26,29). The van der Waals surface area contributed by atoms with E-state index < -0.39 is 11.5 Å². The van der Waals surface area contributed by atoms with Crippen LogP contribution in [0.2, 0.25) is 5.02 Å². The Labute approximate surface area is 184 Å². The average Bonchev–Trinajstić information content (AvgIpc) is 2.76. The molecule has 0 radical (unpaired) electrons. The molecule has 0 saturated heterocycles. The zero-order chi connectivity index (χ0) is 22.0. The normalized spacial score (nSPS) is 12.9. The van der Waals surface area contributed by atoms with Gasteiger partial charge in [-0.2, -0.15) is 0 Å². The number of aromatic nitrogens is 1. The van der Waals surface area contributed by atoms with Gasteiger partial charge in [0.15, 0.2) is 5.78 Å². The van der Waals surface area contributed by atoms with E-state index in [1.807, 2.05) is 6.92 Å². The lowest BCUT2D eigenvalue weighted by atomic mass is 9.92. The van der Waals surface area contributed by atoms with Crippen molar-refractivity contribution in [2.24, 2.45) is 0 Å². The summed E-state index contributed by atoms with van der Waals surface area (Å²) in [5.41, 5.74) is 1.57. The number of hydrogen-bond acceptors (Lipinski definition) is 4. The minimum atomic E-state index is -0.571. The van der Waals surface area contributed by atoms with Crippen LogP contribution in [-0.4, -0.2) is 22.9 Å². The monoisotopic (exact) mass is 436 g/mol.